The Bertz CT molecular complexity index is 831. The normalized spacial score (nSPS) is 16.3. The number of nitrogens with zero attached hydrogens (tertiary/aromatic N) is 4. The van der Waals surface area contributed by atoms with E-state index in [4.69, 9.17) is 4.74 Å². The summed E-state index contributed by atoms with van der Waals surface area (Å²) in [5, 5.41) is 4.36. The van der Waals surface area contributed by atoms with Gasteiger partial charge in [0.05, 0.1) is 18.8 Å². The molecule has 1 aliphatic rings. The SMILES string of the molecule is COc1cnc(C[S+]([O-])c2nc3cscc3[nH]2)nc1N1CCCCC1. The Hall–Kier alpha value is -1.84. The molecule has 4 rings (SSSR count). The number of hydrogen-bond acceptors (Lipinski definition) is 7. The third-order valence-corrected chi connectivity index (χ3v) is 6.12. The molecule has 9 heteroatoms. The fourth-order valence-electron chi connectivity index (χ4n) is 2.96. The molecule has 0 amide bonds. The number of anilines is 1. The second kappa shape index (κ2) is 7.19. The van der Waals surface area contributed by atoms with Crippen LogP contribution < -0.4 is 9.64 Å². The first kappa shape index (κ1) is 16.6. The Morgan fingerprint density at radius 1 is 1.28 bits per heavy atom. The van der Waals surface area contributed by atoms with Crippen LogP contribution in [0.25, 0.3) is 11.0 Å². The standard InChI is InChI=1S/C16H19N5O2S2/c1-23-13-7-17-14(20-15(13)21-5-3-2-4-6-21)10-25(22)16-18-11-8-24-9-12(11)19-16/h7-9H,2-6,10H2,1H3,(H,18,19). The van der Waals surface area contributed by atoms with Crippen LogP contribution in [0.4, 0.5) is 5.82 Å². The van der Waals surface area contributed by atoms with E-state index in [-0.39, 0.29) is 5.75 Å². The molecule has 1 atom stereocenters. The van der Waals surface area contributed by atoms with Crippen LogP contribution >= 0.6 is 11.3 Å². The average Bonchev–Trinajstić information content (AvgIpc) is 3.24. The van der Waals surface area contributed by atoms with Gasteiger partial charge in [-0.2, -0.15) is 4.98 Å². The third kappa shape index (κ3) is 3.44. The summed E-state index contributed by atoms with van der Waals surface area (Å²) < 4.78 is 18.0. The molecule has 0 bridgehead atoms. The lowest BCUT2D eigenvalue weighted by Crippen LogP contribution is -2.31. The zero-order chi connectivity index (χ0) is 17.2. The lowest BCUT2D eigenvalue weighted by molar-refractivity contribution is 0.407. The van der Waals surface area contributed by atoms with Gasteiger partial charge >= 0.3 is 5.16 Å². The van der Waals surface area contributed by atoms with E-state index >= 15 is 0 Å². The zero-order valence-corrected chi connectivity index (χ0v) is 15.5. The number of methoxy groups -OCH3 is 1. The minimum absolute atomic E-state index is 0.227. The molecule has 1 aliphatic heterocycles. The van der Waals surface area contributed by atoms with Gasteiger partial charge in [-0.15, -0.1) is 11.3 Å². The van der Waals surface area contributed by atoms with Crippen molar-refractivity contribution in [2.45, 2.75) is 30.2 Å². The lowest BCUT2D eigenvalue weighted by atomic mass is 10.1. The summed E-state index contributed by atoms with van der Waals surface area (Å²) in [4.78, 5) is 18.7. The van der Waals surface area contributed by atoms with Crippen LogP contribution in [-0.2, 0) is 16.9 Å². The highest BCUT2D eigenvalue weighted by Gasteiger charge is 2.22. The molecule has 0 aliphatic carbocycles. The average molecular weight is 377 g/mol. The van der Waals surface area contributed by atoms with Crippen molar-refractivity contribution >= 4 is 39.4 Å². The molecule has 0 spiro atoms. The van der Waals surface area contributed by atoms with Crippen molar-refractivity contribution in [3.05, 3.63) is 22.8 Å². The Balaban J connectivity index is 1.56. The van der Waals surface area contributed by atoms with Crippen molar-refractivity contribution in [2.24, 2.45) is 0 Å². The van der Waals surface area contributed by atoms with Gasteiger partial charge in [0.1, 0.15) is 5.52 Å². The number of aromatic nitrogens is 4. The van der Waals surface area contributed by atoms with E-state index in [9.17, 15) is 4.55 Å². The predicted molar refractivity (Wildman–Crippen MR) is 98.7 cm³/mol. The van der Waals surface area contributed by atoms with Crippen molar-refractivity contribution in [3.63, 3.8) is 0 Å². The molecule has 7 nitrogen and oxygen atoms in total. The van der Waals surface area contributed by atoms with E-state index < -0.39 is 11.2 Å². The van der Waals surface area contributed by atoms with Crippen molar-refractivity contribution in [1.82, 2.24) is 19.9 Å². The number of thiophene rings is 1. The number of H-pyrrole nitrogens is 1. The Labute approximate surface area is 152 Å². The second-order valence-corrected chi connectivity index (χ2v) is 8.04. The van der Waals surface area contributed by atoms with Gasteiger partial charge in [-0.1, -0.05) is 0 Å². The van der Waals surface area contributed by atoms with Crippen molar-refractivity contribution < 1.29 is 9.29 Å². The van der Waals surface area contributed by atoms with Gasteiger partial charge in [-0.25, -0.2) is 9.97 Å². The molecule has 132 valence electrons. The Morgan fingerprint density at radius 2 is 2.12 bits per heavy atom. The maximum Gasteiger partial charge on any atom is 0.322 e. The number of piperidine rings is 1. The van der Waals surface area contributed by atoms with E-state index in [1.165, 1.54) is 6.42 Å². The summed E-state index contributed by atoms with van der Waals surface area (Å²) in [5.74, 6) is 2.22. The molecule has 1 fully saturated rings. The molecule has 1 N–H and O–H groups in total. The van der Waals surface area contributed by atoms with Crippen LogP contribution in [0.15, 0.2) is 22.1 Å². The molecule has 1 unspecified atom stereocenters. The quantitative estimate of drug-likeness (QED) is 0.688. The van der Waals surface area contributed by atoms with Gasteiger partial charge in [-0.05, 0) is 19.3 Å². The molecule has 1 saturated heterocycles. The molecule has 25 heavy (non-hydrogen) atoms. The molecule has 0 aromatic carbocycles. The van der Waals surface area contributed by atoms with E-state index in [0.717, 1.165) is 42.8 Å². The monoisotopic (exact) mass is 377 g/mol. The number of fused-ring (bicyclic) bond motifs is 1. The smallest absolute Gasteiger partial charge is 0.322 e. The first-order valence-electron chi connectivity index (χ1n) is 8.20. The summed E-state index contributed by atoms with van der Waals surface area (Å²) in [6.07, 6.45) is 5.22. The number of hydrogen-bond donors (Lipinski definition) is 1. The lowest BCUT2D eigenvalue weighted by Gasteiger charge is -2.28. The summed E-state index contributed by atoms with van der Waals surface area (Å²) in [5.41, 5.74) is 1.76. The number of imidazole rings is 1. The minimum Gasteiger partial charge on any atom is -0.609 e. The molecule has 0 saturated carbocycles. The van der Waals surface area contributed by atoms with Crippen LogP contribution in [0.5, 0.6) is 5.75 Å². The second-order valence-electron chi connectivity index (χ2n) is 5.93. The highest BCUT2D eigenvalue weighted by molar-refractivity contribution is 7.90. The van der Waals surface area contributed by atoms with Crippen LogP contribution in [0, 0.1) is 0 Å². The highest BCUT2D eigenvalue weighted by Crippen LogP contribution is 2.28. The molecule has 4 heterocycles. The number of aromatic amines is 1. The molecular formula is C16H19N5O2S2. The van der Waals surface area contributed by atoms with Crippen LogP contribution in [0.1, 0.15) is 25.1 Å². The first-order chi connectivity index (χ1) is 12.2. The van der Waals surface area contributed by atoms with Gasteiger partial charge in [0, 0.05) is 35.0 Å². The van der Waals surface area contributed by atoms with E-state index in [0.29, 0.717) is 16.7 Å². The summed E-state index contributed by atoms with van der Waals surface area (Å²) >= 11 is 0.255. The number of nitrogens with one attached hydrogen (secondary N) is 1. The van der Waals surface area contributed by atoms with Crippen molar-refractivity contribution in [3.8, 4) is 5.75 Å². The van der Waals surface area contributed by atoms with Crippen LogP contribution in [0.2, 0.25) is 0 Å². The largest absolute Gasteiger partial charge is 0.609 e. The van der Waals surface area contributed by atoms with Gasteiger partial charge < -0.3 is 14.2 Å². The summed E-state index contributed by atoms with van der Waals surface area (Å²) in [7, 11) is 1.62. The maximum atomic E-state index is 12.6. The molecule has 3 aromatic heterocycles. The predicted octanol–water partition coefficient (Wildman–Crippen LogP) is 2.72. The van der Waals surface area contributed by atoms with E-state index in [1.54, 1.807) is 24.6 Å². The molecule has 3 aromatic rings. The molecule has 0 radical (unpaired) electrons. The van der Waals surface area contributed by atoms with Gasteiger partial charge in [0.2, 0.25) is 0 Å². The van der Waals surface area contributed by atoms with Crippen LogP contribution in [-0.4, -0.2) is 44.7 Å². The van der Waals surface area contributed by atoms with Crippen LogP contribution in [0.3, 0.4) is 0 Å². The fourth-order valence-corrected chi connectivity index (χ4v) is 4.59. The van der Waals surface area contributed by atoms with Crippen molar-refractivity contribution in [2.75, 3.05) is 25.1 Å². The topological polar surface area (TPSA) is 90.0 Å². The van der Waals surface area contributed by atoms with Gasteiger partial charge in [-0.3, -0.25) is 4.98 Å². The Kier molecular flexibility index (Phi) is 4.78. The maximum absolute atomic E-state index is 12.6. The fraction of sp³-hybridized carbons (Fsp3) is 0.438. The van der Waals surface area contributed by atoms with E-state index in [2.05, 4.69) is 24.8 Å². The van der Waals surface area contributed by atoms with E-state index in [1.807, 2.05) is 10.8 Å². The zero-order valence-electron chi connectivity index (χ0n) is 13.9. The number of rotatable bonds is 5. The summed E-state index contributed by atoms with van der Waals surface area (Å²) in [6, 6.07) is 0. The Morgan fingerprint density at radius 3 is 2.88 bits per heavy atom. The minimum atomic E-state index is -1.31. The third-order valence-electron chi connectivity index (χ3n) is 4.24. The highest BCUT2D eigenvalue weighted by atomic mass is 32.2. The van der Waals surface area contributed by atoms with Gasteiger partial charge in [0.15, 0.2) is 23.1 Å². The summed E-state index contributed by atoms with van der Waals surface area (Å²) in [6.45, 7) is 1.92. The molecular weight excluding hydrogens is 358 g/mol. The number of ether oxygens (including phenoxy) is 1. The van der Waals surface area contributed by atoms with Crippen molar-refractivity contribution in [1.29, 1.82) is 0 Å². The first-order valence-corrected chi connectivity index (χ1v) is 10.5. The van der Waals surface area contributed by atoms with Gasteiger partial charge in [0.25, 0.3) is 0 Å².